The molecule has 2 atom stereocenters. The maximum Gasteiger partial charge on any atom is 0.290 e. The Bertz CT molecular complexity index is 1410. The lowest BCUT2D eigenvalue weighted by Crippen LogP contribution is -2.52. The zero-order valence-corrected chi connectivity index (χ0v) is 19.9. The molecule has 2 unspecified atom stereocenters. The van der Waals surface area contributed by atoms with E-state index in [1.165, 1.54) is 10.6 Å². The van der Waals surface area contributed by atoms with Crippen molar-refractivity contribution in [2.45, 2.75) is 43.6 Å². The highest BCUT2D eigenvalue weighted by Crippen LogP contribution is 2.41. The Morgan fingerprint density at radius 2 is 1.86 bits per heavy atom. The highest BCUT2D eigenvalue weighted by Gasteiger charge is 2.44. The summed E-state index contributed by atoms with van der Waals surface area (Å²) in [7, 11) is 1.70. The monoisotopic (exact) mass is 491 g/mol. The van der Waals surface area contributed by atoms with Crippen LogP contribution in [-0.4, -0.2) is 56.7 Å². The summed E-state index contributed by atoms with van der Waals surface area (Å²) in [4.78, 5) is 15.1. The Kier molecular flexibility index (Phi) is 5.59. The van der Waals surface area contributed by atoms with Gasteiger partial charge in [-0.15, -0.1) is 0 Å². The SMILES string of the molecule is COc1ccccc1C1CCCc2nc3ccc(-c4cnc(N5CCC(O)C(F)(F)C5)nc4)cn3c21. The van der Waals surface area contributed by atoms with E-state index in [1.54, 1.807) is 19.5 Å². The Balaban J connectivity index is 1.35. The van der Waals surface area contributed by atoms with Crippen LogP contribution >= 0.6 is 0 Å². The van der Waals surface area contributed by atoms with Crippen molar-refractivity contribution in [2.75, 3.05) is 25.1 Å². The zero-order chi connectivity index (χ0) is 24.9. The minimum atomic E-state index is -3.18. The number of piperidine rings is 1. The molecule has 186 valence electrons. The van der Waals surface area contributed by atoms with Crippen molar-refractivity contribution in [1.82, 2.24) is 19.4 Å². The second-order valence-electron chi connectivity index (χ2n) is 9.54. The summed E-state index contributed by atoms with van der Waals surface area (Å²) in [5.41, 5.74) is 6.03. The van der Waals surface area contributed by atoms with Gasteiger partial charge in [0.05, 0.1) is 25.0 Å². The average Bonchev–Trinajstić information content (AvgIpc) is 3.28. The normalized spacial score (nSPS) is 21.4. The van der Waals surface area contributed by atoms with Crippen molar-refractivity contribution >= 4 is 11.6 Å². The fourth-order valence-electron chi connectivity index (χ4n) is 5.44. The molecular formula is C27H27F2N5O2. The lowest BCUT2D eigenvalue weighted by atomic mass is 9.84. The highest BCUT2D eigenvalue weighted by molar-refractivity contribution is 5.64. The number of hydrogen-bond donors (Lipinski definition) is 1. The van der Waals surface area contributed by atoms with Gasteiger partial charge in [0, 0.05) is 47.7 Å². The number of aliphatic hydroxyl groups excluding tert-OH is 1. The molecule has 4 aromatic rings. The van der Waals surface area contributed by atoms with Crippen LogP contribution in [0.4, 0.5) is 14.7 Å². The summed E-state index contributed by atoms with van der Waals surface area (Å²) in [6.07, 6.45) is 6.74. The molecule has 36 heavy (non-hydrogen) atoms. The molecule has 6 rings (SSSR count). The Morgan fingerprint density at radius 3 is 2.64 bits per heavy atom. The number of aromatic nitrogens is 4. The summed E-state index contributed by atoms with van der Waals surface area (Å²) in [6.45, 7) is -0.307. The van der Waals surface area contributed by atoms with Crippen LogP contribution in [0.3, 0.4) is 0 Å². The van der Waals surface area contributed by atoms with Gasteiger partial charge in [-0.25, -0.2) is 23.7 Å². The molecule has 1 N–H and O–H groups in total. The van der Waals surface area contributed by atoms with E-state index < -0.39 is 18.6 Å². The van der Waals surface area contributed by atoms with Crippen molar-refractivity contribution in [3.63, 3.8) is 0 Å². The number of ether oxygens (including phenoxy) is 1. The number of alkyl halides is 2. The third-order valence-corrected chi connectivity index (χ3v) is 7.30. The molecule has 0 bridgehead atoms. The number of benzene rings is 1. The first-order chi connectivity index (χ1) is 17.4. The lowest BCUT2D eigenvalue weighted by molar-refractivity contribution is -0.113. The van der Waals surface area contributed by atoms with E-state index in [4.69, 9.17) is 9.72 Å². The molecule has 0 saturated carbocycles. The summed E-state index contributed by atoms with van der Waals surface area (Å²) in [6, 6.07) is 12.1. The van der Waals surface area contributed by atoms with Crippen LogP contribution in [0.1, 0.15) is 42.1 Å². The number of para-hydroxylation sites is 1. The number of nitrogens with zero attached hydrogens (tertiary/aromatic N) is 5. The van der Waals surface area contributed by atoms with Gasteiger partial charge < -0.3 is 19.1 Å². The number of aliphatic hydroxyl groups is 1. The second kappa shape index (κ2) is 8.81. The quantitative estimate of drug-likeness (QED) is 0.454. The van der Waals surface area contributed by atoms with Gasteiger partial charge in [0.2, 0.25) is 5.95 Å². The van der Waals surface area contributed by atoms with E-state index >= 15 is 0 Å². The number of rotatable bonds is 4. The van der Waals surface area contributed by atoms with Crippen LogP contribution in [0.15, 0.2) is 55.0 Å². The molecule has 0 spiro atoms. The van der Waals surface area contributed by atoms with Gasteiger partial charge in [-0.2, -0.15) is 0 Å². The van der Waals surface area contributed by atoms with Gasteiger partial charge in [0.25, 0.3) is 5.92 Å². The number of hydrogen-bond acceptors (Lipinski definition) is 6. The van der Waals surface area contributed by atoms with E-state index in [1.807, 2.05) is 30.3 Å². The number of methoxy groups -OCH3 is 1. The number of fused-ring (bicyclic) bond motifs is 3. The van der Waals surface area contributed by atoms with Gasteiger partial charge in [0.15, 0.2) is 0 Å². The number of imidazole rings is 1. The van der Waals surface area contributed by atoms with Crippen molar-refractivity contribution < 1.29 is 18.6 Å². The van der Waals surface area contributed by atoms with Gasteiger partial charge >= 0.3 is 0 Å². The van der Waals surface area contributed by atoms with Crippen LogP contribution in [0.5, 0.6) is 5.75 Å². The summed E-state index contributed by atoms with van der Waals surface area (Å²) in [5.74, 6) is -1.89. The Labute approximate surface area is 207 Å². The van der Waals surface area contributed by atoms with Crippen LogP contribution in [0.25, 0.3) is 16.8 Å². The average molecular weight is 492 g/mol. The number of aryl methyl sites for hydroxylation is 1. The first-order valence-corrected chi connectivity index (χ1v) is 12.2. The molecule has 7 nitrogen and oxygen atoms in total. The smallest absolute Gasteiger partial charge is 0.290 e. The van der Waals surface area contributed by atoms with E-state index in [9.17, 15) is 13.9 Å². The zero-order valence-electron chi connectivity index (χ0n) is 19.9. The van der Waals surface area contributed by atoms with Crippen LogP contribution in [0.2, 0.25) is 0 Å². The minimum absolute atomic E-state index is 0.0200. The van der Waals surface area contributed by atoms with Crippen molar-refractivity contribution in [3.8, 4) is 16.9 Å². The molecule has 9 heteroatoms. The first kappa shape index (κ1) is 22.8. The van der Waals surface area contributed by atoms with E-state index in [0.717, 1.165) is 53.0 Å². The summed E-state index contributed by atoms with van der Waals surface area (Å²) < 4.78 is 35.8. The molecule has 3 aromatic heterocycles. The van der Waals surface area contributed by atoms with Gasteiger partial charge in [0.1, 0.15) is 17.5 Å². The van der Waals surface area contributed by atoms with Crippen LogP contribution in [0, 0.1) is 0 Å². The number of halogens is 2. The molecule has 1 fully saturated rings. The third kappa shape index (κ3) is 3.87. The molecule has 1 aliphatic carbocycles. The largest absolute Gasteiger partial charge is 0.496 e. The van der Waals surface area contributed by atoms with E-state index in [-0.39, 0.29) is 24.8 Å². The first-order valence-electron chi connectivity index (χ1n) is 12.2. The van der Waals surface area contributed by atoms with Crippen LogP contribution in [-0.2, 0) is 6.42 Å². The predicted octanol–water partition coefficient (Wildman–Crippen LogP) is 4.47. The second-order valence-corrected chi connectivity index (χ2v) is 9.54. The lowest BCUT2D eigenvalue weighted by Gasteiger charge is -2.35. The Morgan fingerprint density at radius 1 is 1.06 bits per heavy atom. The summed E-state index contributed by atoms with van der Waals surface area (Å²) in [5, 5.41) is 9.54. The Hall–Kier alpha value is -3.59. The molecule has 0 amide bonds. The standard InChI is InChI=1S/C27H27F2N5O2/c1-36-22-8-3-2-5-19(22)20-6-4-7-21-25(20)34-15-17(9-10-24(34)32-21)18-13-30-26(31-14-18)33-12-11-23(35)27(28,29)16-33/h2-3,5,8-10,13-15,20,23,35H,4,6-7,11-12,16H2,1H3. The van der Waals surface area contributed by atoms with E-state index in [2.05, 4.69) is 26.6 Å². The molecular weight excluding hydrogens is 464 g/mol. The maximum atomic E-state index is 14.0. The predicted molar refractivity (Wildman–Crippen MR) is 132 cm³/mol. The fourth-order valence-corrected chi connectivity index (χ4v) is 5.44. The topological polar surface area (TPSA) is 75.8 Å². The van der Waals surface area contributed by atoms with E-state index in [0.29, 0.717) is 0 Å². The van der Waals surface area contributed by atoms with Crippen molar-refractivity contribution in [3.05, 3.63) is 71.9 Å². The van der Waals surface area contributed by atoms with Gasteiger partial charge in [-0.05, 0) is 43.9 Å². The molecule has 0 radical (unpaired) electrons. The summed E-state index contributed by atoms with van der Waals surface area (Å²) >= 11 is 0. The third-order valence-electron chi connectivity index (χ3n) is 7.30. The highest BCUT2D eigenvalue weighted by atomic mass is 19.3. The number of pyridine rings is 1. The van der Waals surface area contributed by atoms with Gasteiger partial charge in [-0.1, -0.05) is 18.2 Å². The molecule has 4 heterocycles. The maximum absolute atomic E-state index is 14.0. The fraction of sp³-hybridized carbons (Fsp3) is 0.370. The molecule has 1 aliphatic heterocycles. The minimum Gasteiger partial charge on any atom is -0.496 e. The van der Waals surface area contributed by atoms with Crippen LogP contribution < -0.4 is 9.64 Å². The molecule has 1 saturated heterocycles. The molecule has 2 aliphatic rings. The number of anilines is 1. The van der Waals surface area contributed by atoms with Crippen molar-refractivity contribution in [1.29, 1.82) is 0 Å². The van der Waals surface area contributed by atoms with Gasteiger partial charge in [-0.3, -0.25) is 0 Å². The molecule has 1 aromatic carbocycles. The van der Waals surface area contributed by atoms with Crippen molar-refractivity contribution in [2.24, 2.45) is 0 Å².